The Morgan fingerprint density at radius 1 is 1.31 bits per heavy atom. The van der Waals surface area contributed by atoms with Gasteiger partial charge < -0.3 is 15.4 Å². The maximum Gasteiger partial charge on any atom is 0.191 e. The zero-order valence-electron chi connectivity index (χ0n) is 17.3. The van der Waals surface area contributed by atoms with Gasteiger partial charge in [0.05, 0.1) is 11.8 Å². The normalized spacial score (nSPS) is 17.3. The first-order valence-electron chi connectivity index (χ1n) is 10.1. The van der Waals surface area contributed by atoms with E-state index in [4.69, 9.17) is 4.74 Å². The molecule has 0 amide bonds. The fourth-order valence-corrected chi connectivity index (χ4v) is 3.66. The first-order chi connectivity index (χ1) is 12.5. The fraction of sp³-hybridized carbons (Fsp3) is 0.800. The molecule has 1 atom stereocenters. The zero-order valence-corrected chi connectivity index (χ0v) is 17.3. The van der Waals surface area contributed by atoms with E-state index >= 15 is 0 Å². The number of hydrogen-bond acceptors (Lipinski definition) is 3. The van der Waals surface area contributed by atoms with Crippen LogP contribution in [-0.2, 0) is 18.2 Å². The molecular weight excluding hydrogens is 326 g/mol. The van der Waals surface area contributed by atoms with Crippen LogP contribution in [0.1, 0.15) is 62.4 Å². The van der Waals surface area contributed by atoms with Gasteiger partial charge in [0.1, 0.15) is 0 Å². The molecule has 26 heavy (non-hydrogen) atoms. The number of ether oxygens (including phenoxy) is 1. The van der Waals surface area contributed by atoms with Gasteiger partial charge in [-0.2, -0.15) is 5.10 Å². The van der Waals surface area contributed by atoms with Crippen molar-refractivity contribution >= 4 is 5.96 Å². The van der Waals surface area contributed by atoms with Crippen molar-refractivity contribution in [1.82, 2.24) is 20.4 Å². The Morgan fingerprint density at radius 3 is 2.65 bits per heavy atom. The molecule has 2 N–H and O–H groups in total. The second-order valence-corrected chi connectivity index (χ2v) is 7.51. The smallest absolute Gasteiger partial charge is 0.191 e. The SMILES string of the molecule is CN=C(NCCCOC1CCCCC1)NC(C)Cc1c(C)nn(C)c1C. The van der Waals surface area contributed by atoms with Crippen LogP contribution < -0.4 is 10.6 Å². The van der Waals surface area contributed by atoms with E-state index < -0.39 is 0 Å². The number of nitrogens with one attached hydrogen (secondary N) is 2. The van der Waals surface area contributed by atoms with Crippen LogP contribution in [0.25, 0.3) is 0 Å². The first kappa shape index (κ1) is 20.7. The molecule has 0 aromatic carbocycles. The Labute approximate surface area is 158 Å². The minimum atomic E-state index is 0.293. The summed E-state index contributed by atoms with van der Waals surface area (Å²) < 4.78 is 7.93. The van der Waals surface area contributed by atoms with Crippen molar-refractivity contribution in [3.63, 3.8) is 0 Å². The van der Waals surface area contributed by atoms with Crippen molar-refractivity contribution in [1.29, 1.82) is 0 Å². The average molecular weight is 364 g/mol. The molecule has 1 heterocycles. The fourth-order valence-electron chi connectivity index (χ4n) is 3.66. The molecule has 1 unspecified atom stereocenters. The molecule has 1 saturated carbocycles. The standard InChI is InChI=1S/C20H37N5O/c1-15(14-19-16(2)24-25(5)17(19)3)23-20(21-4)22-12-9-13-26-18-10-7-6-8-11-18/h15,18H,6-14H2,1-5H3,(H2,21,22,23). The Bertz CT molecular complexity index is 575. The number of aliphatic imine (C=N–C) groups is 1. The van der Waals surface area contributed by atoms with Gasteiger partial charge in [0.2, 0.25) is 0 Å². The summed E-state index contributed by atoms with van der Waals surface area (Å²) in [6.45, 7) is 8.10. The Kier molecular flexibility index (Phi) is 8.42. The van der Waals surface area contributed by atoms with Gasteiger partial charge in [-0.05, 0) is 52.0 Å². The summed E-state index contributed by atoms with van der Waals surface area (Å²) in [5.74, 6) is 0.856. The minimum absolute atomic E-state index is 0.293. The van der Waals surface area contributed by atoms with Crippen LogP contribution in [0, 0.1) is 13.8 Å². The van der Waals surface area contributed by atoms with E-state index in [2.05, 4.69) is 41.5 Å². The van der Waals surface area contributed by atoms with Crippen LogP contribution in [0.2, 0.25) is 0 Å². The lowest BCUT2D eigenvalue weighted by Gasteiger charge is -2.22. The summed E-state index contributed by atoms with van der Waals surface area (Å²) in [5, 5.41) is 11.4. The van der Waals surface area contributed by atoms with Crippen LogP contribution in [0.4, 0.5) is 0 Å². The van der Waals surface area contributed by atoms with Gasteiger partial charge in [-0.15, -0.1) is 0 Å². The molecule has 1 aromatic rings. The molecule has 0 radical (unpaired) electrons. The van der Waals surface area contributed by atoms with Gasteiger partial charge in [0.25, 0.3) is 0 Å². The topological polar surface area (TPSA) is 63.5 Å². The number of aryl methyl sites for hydroxylation is 2. The monoisotopic (exact) mass is 363 g/mol. The Morgan fingerprint density at radius 2 is 2.04 bits per heavy atom. The van der Waals surface area contributed by atoms with Crippen molar-refractivity contribution in [3.05, 3.63) is 17.0 Å². The predicted octanol–water partition coefficient (Wildman–Crippen LogP) is 2.87. The van der Waals surface area contributed by atoms with Crippen LogP contribution in [0.15, 0.2) is 4.99 Å². The van der Waals surface area contributed by atoms with Crippen LogP contribution in [0.5, 0.6) is 0 Å². The lowest BCUT2D eigenvalue weighted by molar-refractivity contribution is 0.0277. The number of aromatic nitrogens is 2. The van der Waals surface area contributed by atoms with E-state index in [0.29, 0.717) is 12.1 Å². The summed E-state index contributed by atoms with van der Waals surface area (Å²) in [4.78, 5) is 4.34. The van der Waals surface area contributed by atoms with Crippen molar-refractivity contribution < 1.29 is 4.74 Å². The molecular formula is C20H37N5O. The van der Waals surface area contributed by atoms with Gasteiger partial charge in [0.15, 0.2) is 5.96 Å². The van der Waals surface area contributed by atoms with E-state index in [1.54, 1.807) is 0 Å². The van der Waals surface area contributed by atoms with Crippen LogP contribution in [-0.4, -0.2) is 48.1 Å². The van der Waals surface area contributed by atoms with Gasteiger partial charge in [-0.3, -0.25) is 9.67 Å². The molecule has 0 spiro atoms. The van der Waals surface area contributed by atoms with Gasteiger partial charge in [-0.1, -0.05) is 19.3 Å². The maximum absolute atomic E-state index is 5.98. The molecule has 2 rings (SSSR count). The van der Waals surface area contributed by atoms with Gasteiger partial charge >= 0.3 is 0 Å². The lowest BCUT2D eigenvalue weighted by atomic mass is 9.98. The van der Waals surface area contributed by atoms with Crippen LogP contribution in [0.3, 0.4) is 0 Å². The highest BCUT2D eigenvalue weighted by atomic mass is 16.5. The predicted molar refractivity (Wildman–Crippen MR) is 108 cm³/mol. The molecule has 1 aliphatic rings. The van der Waals surface area contributed by atoms with E-state index in [1.165, 1.54) is 43.4 Å². The van der Waals surface area contributed by atoms with Crippen molar-refractivity contribution in [2.75, 3.05) is 20.2 Å². The number of rotatable bonds is 8. The molecule has 1 aromatic heterocycles. The average Bonchev–Trinajstić information content (AvgIpc) is 2.87. The minimum Gasteiger partial charge on any atom is -0.378 e. The summed E-state index contributed by atoms with van der Waals surface area (Å²) in [6, 6.07) is 0.293. The quantitative estimate of drug-likeness (QED) is 0.423. The molecule has 1 aliphatic carbocycles. The van der Waals surface area contributed by atoms with E-state index in [-0.39, 0.29) is 0 Å². The summed E-state index contributed by atoms with van der Waals surface area (Å²) in [6.07, 6.45) is 8.94. The number of guanidine groups is 1. The lowest BCUT2D eigenvalue weighted by Crippen LogP contribution is -2.43. The van der Waals surface area contributed by atoms with Crippen molar-refractivity contribution in [2.24, 2.45) is 12.0 Å². The molecule has 148 valence electrons. The summed E-state index contributed by atoms with van der Waals surface area (Å²) in [7, 11) is 3.82. The number of hydrogen-bond donors (Lipinski definition) is 2. The van der Waals surface area contributed by atoms with Crippen molar-refractivity contribution in [3.8, 4) is 0 Å². The second-order valence-electron chi connectivity index (χ2n) is 7.51. The van der Waals surface area contributed by atoms with E-state index in [0.717, 1.165) is 37.6 Å². The summed E-state index contributed by atoms with van der Waals surface area (Å²) >= 11 is 0. The second kappa shape index (κ2) is 10.6. The molecule has 0 aliphatic heterocycles. The van der Waals surface area contributed by atoms with Gasteiger partial charge in [-0.25, -0.2) is 0 Å². The largest absolute Gasteiger partial charge is 0.378 e. The molecule has 0 bridgehead atoms. The van der Waals surface area contributed by atoms with E-state index in [1.807, 2.05) is 18.8 Å². The molecule has 6 nitrogen and oxygen atoms in total. The maximum atomic E-state index is 5.98. The number of nitrogens with zero attached hydrogens (tertiary/aromatic N) is 3. The van der Waals surface area contributed by atoms with Crippen LogP contribution >= 0.6 is 0 Å². The van der Waals surface area contributed by atoms with Crippen molar-refractivity contribution in [2.45, 2.75) is 77.9 Å². The Balaban J connectivity index is 1.66. The highest BCUT2D eigenvalue weighted by Gasteiger charge is 2.15. The zero-order chi connectivity index (χ0) is 18.9. The van der Waals surface area contributed by atoms with Gasteiger partial charge in [0, 0.05) is 39.0 Å². The molecule has 0 saturated heterocycles. The molecule has 1 fully saturated rings. The van der Waals surface area contributed by atoms with E-state index in [9.17, 15) is 0 Å². The third-order valence-electron chi connectivity index (χ3n) is 5.30. The highest BCUT2D eigenvalue weighted by molar-refractivity contribution is 5.79. The molecule has 6 heteroatoms. The Hall–Kier alpha value is -1.56. The summed E-state index contributed by atoms with van der Waals surface area (Å²) in [5.41, 5.74) is 3.67. The third kappa shape index (κ3) is 6.31. The first-order valence-corrected chi connectivity index (χ1v) is 10.1. The third-order valence-corrected chi connectivity index (χ3v) is 5.30. The highest BCUT2D eigenvalue weighted by Crippen LogP contribution is 2.20.